The number of benzene rings is 3. The second-order valence-electron chi connectivity index (χ2n) is 11.2. The molecular formula is C33H39N3O7S. The number of fused-ring (bicyclic) bond motifs is 1. The molecule has 3 aromatic carbocycles. The van der Waals surface area contributed by atoms with Crippen molar-refractivity contribution >= 4 is 27.5 Å². The first-order valence-electron chi connectivity index (χ1n) is 14.9. The van der Waals surface area contributed by atoms with Gasteiger partial charge in [-0.15, -0.1) is 0 Å². The van der Waals surface area contributed by atoms with Gasteiger partial charge in [-0.1, -0.05) is 55.3 Å². The quantitative estimate of drug-likeness (QED) is 0.326. The minimum absolute atomic E-state index is 0.0415. The zero-order valence-electron chi connectivity index (χ0n) is 25.1. The van der Waals surface area contributed by atoms with Crippen LogP contribution in [0.25, 0.3) is 0 Å². The fourth-order valence-corrected chi connectivity index (χ4v) is 6.53. The molecule has 10 nitrogen and oxygen atoms in total. The Hall–Kier alpha value is -4.25. The van der Waals surface area contributed by atoms with E-state index in [1.54, 1.807) is 31.4 Å². The first-order valence-corrected chi connectivity index (χ1v) is 16.7. The summed E-state index contributed by atoms with van der Waals surface area (Å²) in [6.07, 6.45) is 5.17. The molecule has 0 saturated heterocycles. The van der Waals surface area contributed by atoms with E-state index < -0.39 is 28.5 Å². The van der Waals surface area contributed by atoms with E-state index in [-0.39, 0.29) is 30.6 Å². The average Bonchev–Trinajstić information content (AvgIpc) is 3.54. The Morgan fingerprint density at radius 2 is 1.64 bits per heavy atom. The van der Waals surface area contributed by atoms with E-state index in [4.69, 9.17) is 14.2 Å². The van der Waals surface area contributed by atoms with Gasteiger partial charge in [0.1, 0.15) is 31.5 Å². The summed E-state index contributed by atoms with van der Waals surface area (Å²) in [5, 5.41) is 3.17. The highest BCUT2D eigenvalue weighted by Crippen LogP contribution is 2.35. The summed E-state index contributed by atoms with van der Waals surface area (Å²) in [7, 11) is -2.35. The Balaban J connectivity index is 1.51. The highest BCUT2D eigenvalue weighted by Gasteiger charge is 2.34. The van der Waals surface area contributed by atoms with Crippen LogP contribution in [0, 0.1) is 0 Å². The summed E-state index contributed by atoms with van der Waals surface area (Å²) in [6.45, 7) is 0.292. The number of nitrogens with zero attached hydrogens (tertiary/aromatic N) is 2. The molecule has 1 N–H and O–H groups in total. The smallest absolute Gasteiger partial charge is 0.244 e. The van der Waals surface area contributed by atoms with Crippen molar-refractivity contribution in [1.82, 2.24) is 10.2 Å². The van der Waals surface area contributed by atoms with Crippen molar-refractivity contribution in [2.45, 2.75) is 50.7 Å². The molecule has 1 aliphatic heterocycles. The van der Waals surface area contributed by atoms with Crippen LogP contribution in [0.1, 0.15) is 36.8 Å². The van der Waals surface area contributed by atoms with Gasteiger partial charge in [0.2, 0.25) is 21.8 Å². The molecule has 11 heteroatoms. The van der Waals surface area contributed by atoms with Gasteiger partial charge in [0.05, 0.1) is 19.1 Å². The van der Waals surface area contributed by atoms with Gasteiger partial charge in [-0.3, -0.25) is 13.9 Å². The molecule has 1 atom stereocenters. The Morgan fingerprint density at radius 1 is 0.932 bits per heavy atom. The number of sulfonamides is 1. The van der Waals surface area contributed by atoms with Crippen LogP contribution in [-0.2, 0) is 32.6 Å². The molecular weight excluding hydrogens is 582 g/mol. The normalized spacial score (nSPS) is 15.3. The SMILES string of the molecule is COc1cccc(CN(C(=O)CN(c2ccc3c(c2)OCCO3)S(C)(=O)=O)[C@H](Cc2ccccc2)C(=O)NC2CCCC2)c1. The lowest BCUT2D eigenvalue weighted by Crippen LogP contribution is -2.54. The van der Waals surface area contributed by atoms with E-state index in [2.05, 4.69) is 5.32 Å². The lowest BCUT2D eigenvalue weighted by atomic mass is 10.0. The van der Waals surface area contributed by atoms with E-state index in [9.17, 15) is 18.0 Å². The molecule has 5 rings (SSSR count). The van der Waals surface area contributed by atoms with Crippen LogP contribution < -0.4 is 23.8 Å². The molecule has 2 amide bonds. The van der Waals surface area contributed by atoms with E-state index in [0.29, 0.717) is 30.5 Å². The fraction of sp³-hybridized carbons (Fsp3) is 0.394. The Labute approximate surface area is 259 Å². The molecule has 0 bridgehead atoms. The Kier molecular flexibility index (Phi) is 9.94. The zero-order valence-corrected chi connectivity index (χ0v) is 25.9. The highest BCUT2D eigenvalue weighted by molar-refractivity contribution is 7.92. The maximum atomic E-state index is 14.3. The van der Waals surface area contributed by atoms with E-state index in [0.717, 1.165) is 47.4 Å². The third-order valence-corrected chi connectivity index (χ3v) is 9.09. The van der Waals surface area contributed by atoms with Crippen LogP contribution in [0.5, 0.6) is 17.2 Å². The van der Waals surface area contributed by atoms with Crippen molar-refractivity contribution in [3.63, 3.8) is 0 Å². The van der Waals surface area contributed by atoms with Crippen LogP contribution in [0.4, 0.5) is 5.69 Å². The average molecular weight is 622 g/mol. The van der Waals surface area contributed by atoms with Gasteiger partial charge in [-0.25, -0.2) is 8.42 Å². The summed E-state index contributed by atoms with van der Waals surface area (Å²) < 4.78 is 43.9. The topological polar surface area (TPSA) is 114 Å². The molecule has 0 aromatic heterocycles. The summed E-state index contributed by atoms with van der Waals surface area (Å²) in [6, 6.07) is 20.7. The van der Waals surface area contributed by atoms with Crippen LogP contribution in [-0.4, -0.2) is 70.3 Å². The maximum Gasteiger partial charge on any atom is 0.244 e. The number of amides is 2. The lowest BCUT2D eigenvalue weighted by Gasteiger charge is -2.34. The van der Waals surface area contributed by atoms with Crippen molar-refractivity contribution in [3.8, 4) is 17.2 Å². The second kappa shape index (κ2) is 14.0. The van der Waals surface area contributed by atoms with Gasteiger partial charge < -0.3 is 24.4 Å². The maximum absolute atomic E-state index is 14.3. The molecule has 44 heavy (non-hydrogen) atoms. The van der Waals surface area contributed by atoms with Gasteiger partial charge in [0.25, 0.3) is 0 Å². The van der Waals surface area contributed by atoms with Gasteiger partial charge >= 0.3 is 0 Å². The first kappa shape index (κ1) is 31.2. The van der Waals surface area contributed by atoms with E-state index in [1.165, 1.54) is 4.90 Å². The summed E-state index contributed by atoms with van der Waals surface area (Å²) >= 11 is 0. The minimum Gasteiger partial charge on any atom is -0.497 e. The molecule has 234 valence electrons. The molecule has 1 fully saturated rings. The van der Waals surface area contributed by atoms with Crippen molar-refractivity contribution < 1.29 is 32.2 Å². The van der Waals surface area contributed by atoms with E-state index >= 15 is 0 Å². The number of methoxy groups -OCH3 is 1. The van der Waals surface area contributed by atoms with Crippen LogP contribution in [0.15, 0.2) is 72.8 Å². The predicted molar refractivity (Wildman–Crippen MR) is 167 cm³/mol. The monoisotopic (exact) mass is 621 g/mol. The molecule has 3 aromatic rings. The minimum atomic E-state index is -3.91. The Bertz CT molecular complexity index is 1560. The molecule has 0 spiro atoms. The summed E-state index contributed by atoms with van der Waals surface area (Å²) in [4.78, 5) is 29.8. The number of carbonyl (C=O) groups is 2. The number of nitrogens with one attached hydrogen (secondary N) is 1. The molecule has 1 aliphatic carbocycles. The number of carbonyl (C=O) groups excluding carboxylic acids is 2. The standard InChI is InChI=1S/C33H39N3O7S/c1-41-28-14-8-11-25(19-28)22-35(29(20-24-9-4-3-5-10-24)33(38)34-26-12-6-7-13-26)32(37)23-36(44(2,39)40)27-15-16-30-31(21-27)43-18-17-42-30/h3-5,8-11,14-16,19,21,26,29H,6-7,12-13,17-18,20,22-23H2,1-2H3,(H,34,38)/t29-/m1/s1. The molecule has 0 radical (unpaired) electrons. The number of rotatable bonds is 12. The van der Waals surface area contributed by atoms with Gasteiger partial charge in [-0.05, 0) is 48.2 Å². The first-order chi connectivity index (χ1) is 21.2. The Morgan fingerprint density at radius 3 is 2.34 bits per heavy atom. The summed E-state index contributed by atoms with van der Waals surface area (Å²) in [5.74, 6) is 0.740. The third-order valence-electron chi connectivity index (χ3n) is 7.95. The van der Waals surface area contributed by atoms with Gasteiger partial charge in [0, 0.05) is 25.1 Å². The predicted octanol–water partition coefficient (Wildman–Crippen LogP) is 3.93. The third kappa shape index (κ3) is 7.82. The second-order valence-corrected chi connectivity index (χ2v) is 13.1. The molecule has 1 saturated carbocycles. The highest BCUT2D eigenvalue weighted by atomic mass is 32.2. The number of anilines is 1. The van der Waals surface area contributed by atoms with Crippen LogP contribution >= 0.6 is 0 Å². The lowest BCUT2D eigenvalue weighted by molar-refractivity contribution is -0.140. The number of ether oxygens (including phenoxy) is 3. The van der Waals surface area contributed by atoms with Crippen molar-refractivity contribution in [2.24, 2.45) is 0 Å². The van der Waals surface area contributed by atoms with E-state index in [1.807, 2.05) is 48.5 Å². The largest absolute Gasteiger partial charge is 0.497 e. The van der Waals surface area contributed by atoms with Crippen LogP contribution in [0.3, 0.4) is 0 Å². The molecule has 0 unspecified atom stereocenters. The molecule has 1 heterocycles. The van der Waals surface area contributed by atoms with Crippen molar-refractivity contribution in [1.29, 1.82) is 0 Å². The summed E-state index contributed by atoms with van der Waals surface area (Å²) in [5.41, 5.74) is 1.89. The van der Waals surface area contributed by atoms with Gasteiger partial charge in [-0.2, -0.15) is 0 Å². The fourth-order valence-electron chi connectivity index (χ4n) is 5.69. The molecule has 2 aliphatic rings. The van der Waals surface area contributed by atoms with Crippen molar-refractivity contribution in [2.75, 3.05) is 37.4 Å². The number of hydrogen-bond donors (Lipinski definition) is 1. The zero-order chi connectivity index (χ0) is 31.1. The van der Waals surface area contributed by atoms with Crippen molar-refractivity contribution in [3.05, 3.63) is 83.9 Å². The number of hydrogen-bond acceptors (Lipinski definition) is 7. The van der Waals surface area contributed by atoms with Gasteiger partial charge in [0.15, 0.2) is 11.5 Å². The van der Waals surface area contributed by atoms with Crippen LogP contribution in [0.2, 0.25) is 0 Å².